The molecule has 0 saturated carbocycles. The zero-order valence-electron chi connectivity index (χ0n) is 20.0. The minimum Gasteiger partial charge on any atom is -0.356 e. The first-order valence-electron chi connectivity index (χ1n) is 12.0. The number of hydrogen-bond donors (Lipinski definition) is 1. The SMILES string of the molecule is CCc1nc(CN2CCC(CNC(=NC)N3CCC(CN(CC)CC)C3)CC2)cs1.I. The molecule has 1 atom stereocenters. The molecule has 8 heteroatoms. The number of thiazole rings is 1. The third-order valence-electron chi connectivity index (χ3n) is 6.75. The standard InChI is InChI=1S/C23H42N6S.HI/c1-5-22-26-21(18-30-22)17-28-11-8-19(9-12-28)14-25-23(24-4)29-13-10-20(16-29)15-27(6-2)7-3;/h18-20H,5-17H2,1-4H3,(H,24,25);1H. The smallest absolute Gasteiger partial charge is 0.193 e. The van der Waals surface area contributed by atoms with Gasteiger partial charge in [-0.3, -0.25) is 9.89 Å². The zero-order chi connectivity index (χ0) is 21.3. The van der Waals surface area contributed by atoms with Gasteiger partial charge in [0.15, 0.2) is 5.96 Å². The molecule has 2 saturated heterocycles. The van der Waals surface area contributed by atoms with E-state index in [0.29, 0.717) is 0 Å². The summed E-state index contributed by atoms with van der Waals surface area (Å²) in [6.07, 6.45) is 4.86. The van der Waals surface area contributed by atoms with Crippen LogP contribution >= 0.6 is 35.3 Å². The predicted octanol–water partition coefficient (Wildman–Crippen LogP) is 3.77. The summed E-state index contributed by atoms with van der Waals surface area (Å²) in [6, 6.07) is 0. The van der Waals surface area contributed by atoms with E-state index in [9.17, 15) is 0 Å². The molecule has 1 aromatic heterocycles. The molecular formula is C23H43IN6S. The molecule has 2 aliphatic heterocycles. The summed E-state index contributed by atoms with van der Waals surface area (Å²) in [5.41, 5.74) is 1.25. The second-order valence-corrected chi connectivity index (χ2v) is 9.76. The number of aryl methyl sites for hydroxylation is 1. The lowest BCUT2D eigenvalue weighted by Gasteiger charge is -2.32. The molecule has 1 unspecified atom stereocenters. The van der Waals surface area contributed by atoms with Gasteiger partial charge in [0.05, 0.1) is 10.7 Å². The van der Waals surface area contributed by atoms with E-state index in [0.717, 1.165) is 63.5 Å². The van der Waals surface area contributed by atoms with Crippen LogP contribution in [0.25, 0.3) is 0 Å². The van der Waals surface area contributed by atoms with Crippen LogP contribution < -0.4 is 5.32 Å². The average molecular weight is 563 g/mol. The van der Waals surface area contributed by atoms with Gasteiger partial charge in [-0.15, -0.1) is 35.3 Å². The number of rotatable bonds is 9. The summed E-state index contributed by atoms with van der Waals surface area (Å²) in [5.74, 6) is 2.62. The number of nitrogens with zero attached hydrogens (tertiary/aromatic N) is 5. The van der Waals surface area contributed by atoms with Crippen LogP contribution in [-0.4, -0.2) is 85.0 Å². The van der Waals surface area contributed by atoms with Crippen LogP contribution in [0.4, 0.5) is 0 Å². The van der Waals surface area contributed by atoms with Crippen molar-refractivity contribution >= 4 is 41.3 Å². The fourth-order valence-electron chi connectivity index (χ4n) is 4.75. The van der Waals surface area contributed by atoms with Gasteiger partial charge in [0.25, 0.3) is 0 Å². The Morgan fingerprint density at radius 2 is 1.87 bits per heavy atom. The van der Waals surface area contributed by atoms with E-state index >= 15 is 0 Å². The fraction of sp³-hybridized carbons (Fsp3) is 0.826. The molecule has 0 radical (unpaired) electrons. The molecule has 0 aromatic carbocycles. The Balaban J connectivity index is 0.00000341. The molecule has 0 spiro atoms. The summed E-state index contributed by atoms with van der Waals surface area (Å²) in [7, 11) is 1.93. The highest BCUT2D eigenvalue weighted by Gasteiger charge is 2.27. The maximum absolute atomic E-state index is 4.73. The van der Waals surface area contributed by atoms with E-state index in [1.165, 1.54) is 49.6 Å². The molecule has 1 N–H and O–H groups in total. The van der Waals surface area contributed by atoms with Crippen molar-refractivity contribution in [2.45, 2.75) is 53.0 Å². The molecule has 3 heterocycles. The summed E-state index contributed by atoms with van der Waals surface area (Å²) in [6.45, 7) is 16.9. The molecule has 0 bridgehead atoms. The second kappa shape index (κ2) is 14.0. The van der Waals surface area contributed by atoms with Crippen molar-refractivity contribution in [1.82, 2.24) is 25.0 Å². The third kappa shape index (κ3) is 8.12. The van der Waals surface area contributed by atoms with Crippen molar-refractivity contribution in [1.29, 1.82) is 0 Å². The minimum atomic E-state index is 0. The Bertz CT molecular complexity index is 654. The van der Waals surface area contributed by atoms with Crippen LogP contribution in [-0.2, 0) is 13.0 Å². The lowest BCUT2D eigenvalue weighted by molar-refractivity contribution is 0.176. The summed E-state index contributed by atoms with van der Waals surface area (Å²) in [5, 5.41) is 7.19. The Morgan fingerprint density at radius 1 is 1.16 bits per heavy atom. The van der Waals surface area contributed by atoms with Gasteiger partial charge in [0, 0.05) is 45.2 Å². The number of hydrogen-bond acceptors (Lipinski definition) is 5. The van der Waals surface area contributed by atoms with Crippen LogP contribution in [0.1, 0.15) is 50.7 Å². The molecule has 2 fully saturated rings. The number of halogens is 1. The van der Waals surface area contributed by atoms with Crippen molar-refractivity contribution in [2.24, 2.45) is 16.8 Å². The van der Waals surface area contributed by atoms with E-state index in [1.54, 1.807) is 11.3 Å². The first kappa shape index (κ1) is 26.8. The van der Waals surface area contributed by atoms with Crippen LogP contribution in [0, 0.1) is 11.8 Å². The molecule has 0 amide bonds. The maximum Gasteiger partial charge on any atom is 0.193 e. The fourth-order valence-corrected chi connectivity index (χ4v) is 5.49. The lowest BCUT2D eigenvalue weighted by Crippen LogP contribution is -2.44. The number of likely N-dealkylation sites (tertiary alicyclic amines) is 2. The van der Waals surface area contributed by atoms with E-state index in [1.807, 2.05) is 7.05 Å². The van der Waals surface area contributed by atoms with Gasteiger partial charge in [-0.2, -0.15) is 0 Å². The molecular weight excluding hydrogens is 519 g/mol. The minimum absolute atomic E-state index is 0. The second-order valence-electron chi connectivity index (χ2n) is 8.82. The molecule has 2 aliphatic rings. The molecule has 6 nitrogen and oxygen atoms in total. The summed E-state index contributed by atoms with van der Waals surface area (Å²) < 4.78 is 0. The first-order valence-corrected chi connectivity index (χ1v) is 12.9. The van der Waals surface area contributed by atoms with Gasteiger partial charge in [-0.05, 0) is 63.7 Å². The van der Waals surface area contributed by atoms with Gasteiger partial charge >= 0.3 is 0 Å². The van der Waals surface area contributed by atoms with Gasteiger partial charge in [0.1, 0.15) is 0 Å². The number of guanidine groups is 1. The van der Waals surface area contributed by atoms with Gasteiger partial charge in [-0.25, -0.2) is 4.98 Å². The molecule has 178 valence electrons. The van der Waals surface area contributed by atoms with Crippen molar-refractivity contribution in [2.75, 3.05) is 59.4 Å². The molecule has 0 aliphatic carbocycles. The van der Waals surface area contributed by atoms with Crippen molar-refractivity contribution in [3.63, 3.8) is 0 Å². The van der Waals surface area contributed by atoms with Crippen molar-refractivity contribution < 1.29 is 0 Å². The summed E-state index contributed by atoms with van der Waals surface area (Å²) >= 11 is 1.80. The van der Waals surface area contributed by atoms with Gasteiger partial charge in [-0.1, -0.05) is 20.8 Å². The number of piperidine rings is 1. The lowest BCUT2D eigenvalue weighted by atomic mass is 9.97. The van der Waals surface area contributed by atoms with E-state index in [-0.39, 0.29) is 24.0 Å². The molecule has 3 rings (SSSR count). The van der Waals surface area contributed by atoms with Crippen LogP contribution in [0.5, 0.6) is 0 Å². The monoisotopic (exact) mass is 562 g/mol. The first-order chi connectivity index (χ1) is 14.6. The van der Waals surface area contributed by atoms with E-state index < -0.39 is 0 Å². The highest BCUT2D eigenvalue weighted by Crippen LogP contribution is 2.21. The quantitative estimate of drug-likeness (QED) is 0.282. The molecule has 31 heavy (non-hydrogen) atoms. The number of aliphatic imine (C=N–C) groups is 1. The Morgan fingerprint density at radius 3 is 2.48 bits per heavy atom. The molecule has 1 aromatic rings. The maximum atomic E-state index is 4.73. The third-order valence-corrected chi connectivity index (χ3v) is 7.79. The Labute approximate surface area is 210 Å². The van der Waals surface area contributed by atoms with Crippen molar-refractivity contribution in [3.8, 4) is 0 Å². The topological polar surface area (TPSA) is 47.0 Å². The highest BCUT2D eigenvalue weighted by atomic mass is 127. The predicted molar refractivity (Wildman–Crippen MR) is 144 cm³/mol. The zero-order valence-corrected chi connectivity index (χ0v) is 23.1. The normalized spacial score (nSPS) is 21.0. The van der Waals surface area contributed by atoms with Crippen LogP contribution in [0.2, 0.25) is 0 Å². The highest BCUT2D eigenvalue weighted by molar-refractivity contribution is 14.0. The summed E-state index contributed by atoms with van der Waals surface area (Å²) in [4.78, 5) is 16.9. The average Bonchev–Trinajstić information content (AvgIpc) is 3.43. The van der Waals surface area contributed by atoms with E-state index in [2.05, 4.69) is 51.2 Å². The Hall–Kier alpha value is -0.450. The van der Waals surface area contributed by atoms with Gasteiger partial charge < -0.3 is 15.1 Å². The van der Waals surface area contributed by atoms with Gasteiger partial charge in [0.2, 0.25) is 0 Å². The number of aromatic nitrogens is 1. The van der Waals surface area contributed by atoms with E-state index in [4.69, 9.17) is 4.98 Å². The Kier molecular flexibility index (Phi) is 12.1. The number of nitrogens with one attached hydrogen (secondary N) is 1. The van der Waals surface area contributed by atoms with Crippen LogP contribution in [0.3, 0.4) is 0 Å². The largest absolute Gasteiger partial charge is 0.356 e. The van der Waals surface area contributed by atoms with Crippen molar-refractivity contribution in [3.05, 3.63) is 16.1 Å². The van der Waals surface area contributed by atoms with Crippen LogP contribution in [0.15, 0.2) is 10.4 Å².